The number of ether oxygens (including phenoxy) is 3. The fraction of sp³-hybridized carbons (Fsp3) is 0.571. The standard InChI is InChI=1S/C14H20O3/c1-3-13-15-10-14(2,11-16-13)17-9-12-7-5-4-6-8-12/h4-8,13H,3,9-11H2,1-2H3. The summed E-state index contributed by atoms with van der Waals surface area (Å²) >= 11 is 0. The lowest BCUT2D eigenvalue weighted by molar-refractivity contribution is -0.263. The van der Waals surface area contributed by atoms with Crippen LogP contribution in [0, 0.1) is 0 Å². The third-order valence-corrected chi connectivity index (χ3v) is 2.91. The summed E-state index contributed by atoms with van der Waals surface area (Å²) in [6.07, 6.45) is 0.817. The van der Waals surface area contributed by atoms with Crippen molar-refractivity contribution < 1.29 is 14.2 Å². The van der Waals surface area contributed by atoms with Gasteiger partial charge in [-0.25, -0.2) is 0 Å². The van der Waals surface area contributed by atoms with Crippen LogP contribution in [0.25, 0.3) is 0 Å². The van der Waals surface area contributed by atoms with Crippen molar-refractivity contribution in [3.8, 4) is 0 Å². The Bertz CT molecular complexity index is 329. The lowest BCUT2D eigenvalue weighted by Gasteiger charge is -2.37. The molecular formula is C14H20O3. The zero-order chi connectivity index (χ0) is 12.1. The Morgan fingerprint density at radius 2 is 1.88 bits per heavy atom. The SMILES string of the molecule is CCC1OCC(C)(OCc2ccccc2)CO1. The average Bonchev–Trinajstić information content (AvgIpc) is 2.39. The smallest absolute Gasteiger partial charge is 0.157 e. The predicted molar refractivity (Wildman–Crippen MR) is 65.6 cm³/mol. The van der Waals surface area contributed by atoms with Crippen LogP contribution in [0.15, 0.2) is 30.3 Å². The Morgan fingerprint density at radius 3 is 2.47 bits per heavy atom. The summed E-state index contributed by atoms with van der Waals surface area (Å²) in [4.78, 5) is 0. The zero-order valence-corrected chi connectivity index (χ0v) is 10.5. The van der Waals surface area contributed by atoms with Crippen molar-refractivity contribution in [3.63, 3.8) is 0 Å². The summed E-state index contributed by atoms with van der Waals surface area (Å²) in [5.41, 5.74) is 0.841. The second kappa shape index (κ2) is 5.63. The van der Waals surface area contributed by atoms with Crippen LogP contribution in [0.3, 0.4) is 0 Å². The maximum absolute atomic E-state index is 5.90. The molecule has 0 aliphatic carbocycles. The van der Waals surface area contributed by atoms with Crippen molar-refractivity contribution in [2.45, 2.75) is 38.8 Å². The molecule has 0 unspecified atom stereocenters. The Balaban J connectivity index is 1.83. The van der Waals surface area contributed by atoms with Crippen molar-refractivity contribution in [2.75, 3.05) is 13.2 Å². The molecule has 2 rings (SSSR count). The molecule has 3 nitrogen and oxygen atoms in total. The molecule has 0 aromatic heterocycles. The van der Waals surface area contributed by atoms with E-state index in [9.17, 15) is 0 Å². The Morgan fingerprint density at radius 1 is 1.24 bits per heavy atom. The van der Waals surface area contributed by atoms with E-state index >= 15 is 0 Å². The van der Waals surface area contributed by atoms with E-state index in [0.717, 1.165) is 6.42 Å². The van der Waals surface area contributed by atoms with Crippen molar-refractivity contribution in [2.24, 2.45) is 0 Å². The number of rotatable bonds is 4. The highest BCUT2D eigenvalue weighted by Crippen LogP contribution is 2.22. The minimum absolute atomic E-state index is 0.0663. The van der Waals surface area contributed by atoms with Gasteiger partial charge in [0.15, 0.2) is 6.29 Å². The fourth-order valence-electron chi connectivity index (χ4n) is 1.78. The first-order valence-corrected chi connectivity index (χ1v) is 6.13. The van der Waals surface area contributed by atoms with Gasteiger partial charge in [-0.05, 0) is 18.9 Å². The summed E-state index contributed by atoms with van der Waals surface area (Å²) < 4.78 is 17.1. The molecule has 0 bridgehead atoms. The van der Waals surface area contributed by atoms with Gasteiger partial charge in [0.05, 0.1) is 19.8 Å². The molecule has 17 heavy (non-hydrogen) atoms. The summed E-state index contributed by atoms with van der Waals surface area (Å²) in [7, 11) is 0. The van der Waals surface area contributed by atoms with E-state index in [-0.39, 0.29) is 11.9 Å². The molecule has 1 aliphatic rings. The normalized spacial score (nSPS) is 29.2. The molecule has 0 saturated carbocycles. The van der Waals surface area contributed by atoms with E-state index in [1.807, 2.05) is 25.1 Å². The Kier molecular flexibility index (Phi) is 4.15. The van der Waals surface area contributed by atoms with Gasteiger partial charge in [0, 0.05) is 0 Å². The molecular weight excluding hydrogens is 216 g/mol. The van der Waals surface area contributed by atoms with Gasteiger partial charge in [-0.15, -0.1) is 0 Å². The minimum Gasteiger partial charge on any atom is -0.366 e. The summed E-state index contributed by atoms with van der Waals surface area (Å²) in [6.45, 7) is 5.87. The van der Waals surface area contributed by atoms with E-state index in [2.05, 4.69) is 19.1 Å². The molecule has 1 fully saturated rings. The highest BCUT2D eigenvalue weighted by Gasteiger charge is 2.32. The Hall–Kier alpha value is -0.900. The molecule has 0 radical (unpaired) electrons. The molecule has 0 amide bonds. The van der Waals surface area contributed by atoms with Crippen LogP contribution < -0.4 is 0 Å². The molecule has 1 aromatic rings. The highest BCUT2D eigenvalue weighted by molar-refractivity contribution is 5.13. The zero-order valence-electron chi connectivity index (χ0n) is 10.5. The van der Waals surface area contributed by atoms with Gasteiger partial charge in [-0.1, -0.05) is 37.3 Å². The van der Waals surface area contributed by atoms with Gasteiger partial charge >= 0.3 is 0 Å². The predicted octanol–water partition coefficient (Wildman–Crippen LogP) is 2.74. The van der Waals surface area contributed by atoms with Crippen molar-refractivity contribution in [3.05, 3.63) is 35.9 Å². The minimum atomic E-state index is -0.332. The van der Waals surface area contributed by atoms with E-state index < -0.39 is 0 Å². The molecule has 1 heterocycles. The first-order valence-electron chi connectivity index (χ1n) is 6.13. The highest BCUT2D eigenvalue weighted by atomic mass is 16.7. The topological polar surface area (TPSA) is 27.7 Å². The first-order chi connectivity index (χ1) is 8.22. The molecule has 3 heteroatoms. The summed E-state index contributed by atoms with van der Waals surface area (Å²) in [5, 5.41) is 0. The quantitative estimate of drug-likeness (QED) is 0.804. The van der Waals surface area contributed by atoms with Crippen LogP contribution in [0.1, 0.15) is 25.8 Å². The van der Waals surface area contributed by atoms with Crippen molar-refractivity contribution >= 4 is 0 Å². The summed E-state index contributed by atoms with van der Waals surface area (Å²) in [6, 6.07) is 10.2. The van der Waals surface area contributed by atoms with Gasteiger partial charge in [0.2, 0.25) is 0 Å². The van der Waals surface area contributed by atoms with Crippen LogP contribution in [0.4, 0.5) is 0 Å². The second-order valence-corrected chi connectivity index (χ2v) is 4.68. The maximum atomic E-state index is 5.90. The second-order valence-electron chi connectivity index (χ2n) is 4.68. The fourth-order valence-corrected chi connectivity index (χ4v) is 1.78. The Labute approximate surface area is 103 Å². The lowest BCUT2D eigenvalue weighted by atomic mass is 10.1. The van der Waals surface area contributed by atoms with Gasteiger partial charge in [0.1, 0.15) is 5.60 Å². The van der Waals surface area contributed by atoms with Gasteiger partial charge in [-0.2, -0.15) is 0 Å². The molecule has 0 spiro atoms. The van der Waals surface area contributed by atoms with Crippen LogP contribution >= 0.6 is 0 Å². The summed E-state index contributed by atoms with van der Waals surface area (Å²) in [5.74, 6) is 0. The molecule has 0 N–H and O–H groups in total. The third kappa shape index (κ3) is 3.53. The van der Waals surface area contributed by atoms with Crippen LogP contribution in [0.5, 0.6) is 0 Å². The molecule has 0 atom stereocenters. The molecule has 1 aliphatic heterocycles. The molecule has 1 saturated heterocycles. The number of hydrogen-bond acceptors (Lipinski definition) is 3. The van der Waals surface area contributed by atoms with E-state index in [1.165, 1.54) is 5.56 Å². The molecule has 94 valence electrons. The third-order valence-electron chi connectivity index (χ3n) is 2.91. The number of benzene rings is 1. The van der Waals surface area contributed by atoms with E-state index in [0.29, 0.717) is 19.8 Å². The monoisotopic (exact) mass is 236 g/mol. The van der Waals surface area contributed by atoms with Crippen LogP contribution in [-0.4, -0.2) is 25.1 Å². The number of hydrogen-bond donors (Lipinski definition) is 0. The van der Waals surface area contributed by atoms with Crippen molar-refractivity contribution in [1.82, 2.24) is 0 Å². The van der Waals surface area contributed by atoms with Gasteiger partial charge in [-0.3, -0.25) is 0 Å². The van der Waals surface area contributed by atoms with Crippen LogP contribution in [0.2, 0.25) is 0 Å². The maximum Gasteiger partial charge on any atom is 0.157 e. The van der Waals surface area contributed by atoms with Crippen LogP contribution in [-0.2, 0) is 20.8 Å². The average molecular weight is 236 g/mol. The van der Waals surface area contributed by atoms with Crippen molar-refractivity contribution in [1.29, 1.82) is 0 Å². The van der Waals surface area contributed by atoms with Gasteiger partial charge < -0.3 is 14.2 Å². The largest absolute Gasteiger partial charge is 0.366 e. The lowest BCUT2D eigenvalue weighted by Crippen LogP contribution is -2.46. The molecule has 1 aromatic carbocycles. The first kappa shape index (κ1) is 12.6. The van der Waals surface area contributed by atoms with E-state index in [1.54, 1.807) is 0 Å². The van der Waals surface area contributed by atoms with Gasteiger partial charge in [0.25, 0.3) is 0 Å². The van der Waals surface area contributed by atoms with E-state index in [4.69, 9.17) is 14.2 Å².